The van der Waals surface area contributed by atoms with Gasteiger partial charge in [-0.3, -0.25) is 9.18 Å². The number of methoxy groups -OCH3 is 2. The first-order chi connectivity index (χ1) is 13.0. The zero-order chi connectivity index (χ0) is 19.4. The van der Waals surface area contributed by atoms with E-state index in [1.54, 1.807) is 20.3 Å². The highest BCUT2D eigenvalue weighted by Crippen LogP contribution is 2.46. The van der Waals surface area contributed by atoms with E-state index in [0.29, 0.717) is 36.5 Å². The molecule has 1 aromatic carbocycles. The maximum atomic E-state index is 12.6. The molecule has 5 nitrogen and oxygen atoms in total. The van der Waals surface area contributed by atoms with Crippen LogP contribution in [-0.4, -0.2) is 39.1 Å². The van der Waals surface area contributed by atoms with Crippen molar-refractivity contribution < 1.29 is 28.1 Å². The van der Waals surface area contributed by atoms with Crippen molar-refractivity contribution >= 4 is 5.78 Å². The van der Waals surface area contributed by atoms with Gasteiger partial charge in [-0.2, -0.15) is 0 Å². The normalized spacial score (nSPS) is 25.4. The number of benzene rings is 1. The number of fused-ring (bicyclic) bond motifs is 1. The summed E-state index contributed by atoms with van der Waals surface area (Å²) in [4.78, 5) is 12.4. The van der Waals surface area contributed by atoms with E-state index >= 15 is 0 Å². The summed E-state index contributed by atoms with van der Waals surface area (Å²) >= 11 is 0. The highest BCUT2D eigenvalue weighted by atomic mass is 19.1. The van der Waals surface area contributed by atoms with E-state index < -0.39 is 12.3 Å². The van der Waals surface area contributed by atoms with Gasteiger partial charge in [-0.05, 0) is 49.3 Å². The van der Waals surface area contributed by atoms with Gasteiger partial charge in [-0.25, -0.2) is 0 Å². The third-order valence-corrected chi connectivity index (χ3v) is 5.65. The van der Waals surface area contributed by atoms with Gasteiger partial charge < -0.3 is 18.9 Å². The van der Waals surface area contributed by atoms with Gasteiger partial charge in [0.25, 0.3) is 0 Å². The summed E-state index contributed by atoms with van der Waals surface area (Å²) < 4.78 is 35.0. The molecule has 27 heavy (non-hydrogen) atoms. The summed E-state index contributed by atoms with van der Waals surface area (Å²) in [5, 5.41) is 0. The van der Waals surface area contributed by atoms with Gasteiger partial charge in [0, 0.05) is 12.0 Å². The van der Waals surface area contributed by atoms with Crippen molar-refractivity contribution in [3.05, 3.63) is 35.6 Å². The molecule has 1 fully saturated rings. The molecule has 3 atom stereocenters. The molecule has 0 N–H and O–H groups in total. The van der Waals surface area contributed by atoms with Crippen LogP contribution in [0.15, 0.2) is 30.0 Å². The third kappa shape index (κ3) is 3.81. The van der Waals surface area contributed by atoms with Crippen LogP contribution in [0.3, 0.4) is 0 Å². The highest BCUT2D eigenvalue weighted by Gasteiger charge is 2.51. The van der Waals surface area contributed by atoms with E-state index in [9.17, 15) is 9.18 Å². The minimum Gasteiger partial charge on any atom is -0.493 e. The summed E-state index contributed by atoms with van der Waals surface area (Å²) in [5.74, 6) is 1.83. The molecule has 0 radical (unpaired) electrons. The quantitative estimate of drug-likeness (QED) is 0.688. The smallest absolute Gasteiger partial charge is 0.189 e. The lowest BCUT2D eigenvalue weighted by Gasteiger charge is -2.38. The number of hydrogen-bond donors (Lipinski definition) is 0. The van der Waals surface area contributed by atoms with E-state index in [1.165, 1.54) is 0 Å². The summed E-state index contributed by atoms with van der Waals surface area (Å²) in [7, 11) is 3.22. The van der Waals surface area contributed by atoms with E-state index in [0.717, 1.165) is 12.0 Å². The first kappa shape index (κ1) is 19.7. The number of ketones is 1. The number of rotatable bonds is 8. The van der Waals surface area contributed by atoms with Gasteiger partial charge in [0.05, 0.1) is 20.9 Å². The molecule has 1 unspecified atom stereocenters. The fraction of sp³-hybridized carbons (Fsp3) is 0.571. The van der Waals surface area contributed by atoms with Gasteiger partial charge in [0.15, 0.2) is 24.1 Å². The molecule has 148 valence electrons. The predicted octanol–water partition coefficient (Wildman–Crippen LogP) is 3.85. The molecule has 1 aliphatic heterocycles. The fourth-order valence-electron chi connectivity index (χ4n) is 4.11. The maximum Gasteiger partial charge on any atom is 0.189 e. The summed E-state index contributed by atoms with van der Waals surface area (Å²) in [6, 6.07) is 5.84. The maximum absolute atomic E-state index is 12.6. The Morgan fingerprint density at radius 2 is 2.07 bits per heavy atom. The zero-order valence-electron chi connectivity index (χ0n) is 16.1. The van der Waals surface area contributed by atoms with Crippen molar-refractivity contribution in [2.45, 2.75) is 38.2 Å². The van der Waals surface area contributed by atoms with Crippen LogP contribution >= 0.6 is 0 Å². The lowest BCUT2D eigenvalue weighted by atomic mass is 9.71. The number of carbonyl (C=O) groups is 1. The standard InChI is InChI=1S/C21H27FO5/c1-14(9-15-6-7-18(24-2)19(10-15)25-3)21-12-16(5-4-8-22)17(23)11-20(21)26-13-27-21/h6-7,10-11,14,16H,4-5,8-9,12-13H2,1-3H3/t14?,16-,21+/m0/s1. The summed E-state index contributed by atoms with van der Waals surface area (Å²) in [6.45, 7) is 1.83. The molecule has 0 amide bonds. The van der Waals surface area contributed by atoms with Crippen molar-refractivity contribution in [3.8, 4) is 11.5 Å². The topological polar surface area (TPSA) is 54.0 Å². The average Bonchev–Trinajstić information content (AvgIpc) is 3.09. The van der Waals surface area contributed by atoms with Crippen molar-refractivity contribution in [2.24, 2.45) is 11.8 Å². The minimum absolute atomic E-state index is 0.0119. The van der Waals surface area contributed by atoms with Crippen LogP contribution in [0.5, 0.6) is 11.5 Å². The molecule has 2 aliphatic rings. The zero-order valence-corrected chi connectivity index (χ0v) is 16.1. The summed E-state index contributed by atoms with van der Waals surface area (Å²) in [5.41, 5.74) is 0.448. The van der Waals surface area contributed by atoms with Gasteiger partial charge in [0.2, 0.25) is 0 Å². The first-order valence-corrected chi connectivity index (χ1v) is 9.33. The van der Waals surface area contributed by atoms with Crippen molar-refractivity contribution in [1.82, 2.24) is 0 Å². The van der Waals surface area contributed by atoms with Crippen LogP contribution in [0, 0.1) is 11.8 Å². The van der Waals surface area contributed by atoms with Gasteiger partial charge in [0.1, 0.15) is 11.4 Å². The van der Waals surface area contributed by atoms with E-state index in [4.69, 9.17) is 18.9 Å². The van der Waals surface area contributed by atoms with E-state index in [-0.39, 0.29) is 24.4 Å². The van der Waals surface area contributed by atoms with E-state index in [1.807, 2.05) is 18.2 Å². The number of halogens is 1. The van der Waals surface area contributed by atoms with Crippen LogP contribution in [0.1, 0.15) is 31.7 Å². The van der Waals surface area contributed by atoms with Crippen LogP contribution in [0.4, 0.5) is 4.39 Å². The van der Waals surface area contributed by atoms with Crippen LogP contribution < -0.4 is 9.47 Å². The molecule has 6 heteroatoms. The fourth-order valence-corrected chi connectivity index (χ4v) is 4.11. The number of alkyl halides is 1. The minimum atomic E-state index is -0.637. The van der Waals surface area contributed by atoms with Crippen LogP contribution in [0.25, 0.3) is 0 Å². The van der Waals surface area contributed by atoms with Gasteiger partial charge in [-0.15, -0.1) is 0 Å². The molecule has 0 saturated carbocycles. The van der Waals surface area contributed by atoms with Gasteiger partial charge in [-0.1, -0.05) is 13.0 Å². The summed E-state index contributed by atoms with van der Waals surface area (Å²) in [6.07, 6.45) is 3.75. The Balaban J connectivity index is 1.82. The molecule has 0 aromatic heterocycles. The molecule has 1 aromatic rings. The molecular weight excluding hydrogens is 351 g/mol. The Morgan fingerprint density at radius 3 is 2.78 bits per heavy atom. The third-order valence-electron chi connectivity index (χ3n) is 5.65. The lowest BCUT2D eigenvalue weighted by molar-refractivity contribution is -0.123. The Morgan fingerprint density at radius 1 is 1.30 bits per heavy atom. The second-order valence-electron chi connectivity index (χ2n) is 7.23. The molecule has 1 saturated heterocycles. The number of allylic oxidation sites excluding steroid dienone is 1. The molecule has 1 aliphatic carbocycles. The van der Waals surface area contributed by atoms with Gasteiger partial charge >= 0.3 is 0 Å². The molecule has 1 heterocycles. The highest BCUT2D eigenvalue weighted by molar-refractivity contribution is 5.93. The second kappa shape index (κ2) is 8.30. The second-order valence-corrected chi connectivity index (χ2v) is 7.23. The molecule has 0 spiro atoms. The SMILES string of the molecule is COc1ccc(CC(C)[C@]23C[C@H](CCCF)C(=O)C=C2OCO3)cc1OC. The average molecular weight is 378 g/mol. The van der Waals surface area contributed by atoms with E-state index in [2.05, 4.69) is 6.92 Å². The van der Waals surface area contributed by atoms with Crippen molar-refractivity contribution in [2.75, 3.05) is 27.7 Å². The van der Waals surface area contributed by atoms with Crippen LogP contribution in [-0.2, 0) is 20.7 Å². The van der Waals surface area contributed by atoms with Crippen molar-refractivity contribution in [1.29, 1.82) is 0 Å². The van der Waals surface area contributed by atoms with Crippen molar-refractivity contribution in [3.63, 3.8) is 0 Å². The molecule has 3 rings (SSSR count). The lowest BCUT2D eigenvalue weighted by Crippen LogP contribution is -2.45. The Kier molecular flexibility index (Phi) is 6.05. The monoisotopic (exact) mass is 378 g/mol. The largest absolute Gasteiger partial charge is 0.493 e. The predicted molar refractivity (Wildman–Crippen MR) is 98.6 cm³/mol. The number of carbonyl (C=O) groups excluding carboxylic acids is 1. The van der Waals surface area contributed by atoms with Crippen LogP contribution in [0.2, 0.25) is 0 Å². The number of ether oxygens (including phenoxy) is 4. The molecular formula is C21H27FO5. The Labute approximate surface area is 159 Å². The first-order valence-electron chi connectivity index (χ1n) is 9.33. The number of hydrogen-bond acceptors (Lipinski definition) is 5. The Hall–Kier alpha value is -2.08. The Bertz CT molecular complexity index is 717. The molecule has 0 bridgehead atoms.